The van der Waals surface area contributed by atoms with Crippen LogP contribution in [0.15, 0.2) is 72.7 Å². The Morgan fingerprint density at radius 2 is 1.93 bits per heavy atom. The lowest BCUT2D eigenvalue weighted by molar-refractivity contribution is 0.102. The zero-order valence-electron chi connectivity index (χ0n) is 16.5. The lowest BCUT2D eigenvalue weighted by Crippen LogP contribution is -2.36. The van der Waals surface area contributed by atoms with Gasteiger partial charge in [-0.15, -0.1) is 0 Å². The van der Waals surface area contributed by atoms with Gasteiger partial charge in [-0.2, -0.15) is 0 Å². The second kappa shape index (κ2) is 8.41. The predicted octanol–water partition coefficient (Wildman–Crippen LogP) is 3.00. The standard InChI is InChI=1S/C23H25N3O3/c1-16-24-15-21(22(25-16)18-4-3-5-20(14-18)28-2)23(27)17-6-8-19(9-7-17)26-10-12-29-13-11-26/h3-9,14-15,22,24-25H,1,10-13H2,2H3. The van der Waals surface area contributed by atoms with Crippen molar-refractivity contribution >= 4 is 11.5 Å². The molecular formula is C23H25N3O3. The minimum Gasteiger partial charge on any atom is -0.497 e. The van der Waals surface area contributed by atoms with Gasteiger partial charge in [0.05, 0.1) is 32.2 Å². The SMILES string of the molecule is C=C1NC=C(C(=O)c2ccc(N3CCOCC3)cc2)C(c2cccc(OC)c2)N1. The number of nitrogens with one attached hydrogen (secondary N) is 2. The summed E-state index contributed by atoms with van der Waals surface area (Å²) in [6.07, 6.45) is 1.74. The van der Waals surface area contributed by atoms with Crippen LogP contribution in [-0.2, 0) is 4.74 Å². The minimum atomic E-state index is -0.301. The average Bonchev–Trinajstić information content (AvgIpc) is 2.79. The van der Waals surface area contributed by atoms with E-state index in [4.69, 9.17) is 9.47 Å². The number of ether oxygens (including phenoxy) is 2. The highest BCUT2D eigenvalue weighted by atomic mass is 16.5. The molecule has 0 bridgehead atoms. The smallest absolute Gasteiger partial charge is 0.192 e. The number of hydrogen-bond donors (Lipinski definition) is 2. The summed E-state index contributed by atoms with van der Waals surface area (Å²) >= 11 is 0. The van der Waals surface area contributed by atoms with Crippen molar-refractivity contribution in [3.63, 3.8) is 0 Å². The van der Waals surface area contributed by atoms with Gasteiger partial charge in [0.25, 0.3) is 0 Å². The molecule has 0 amide bonds. The number of hydrogen-bond acceptors (Lipinski definition) is 6. The molecule has 6 nitrogen and oxygen atoms in total. The quantitative estimate of drug-likeness (QED) is 0.764. The third-order valence-corrected chi connectivity index (χ3v) is 5.23. The van der Waals surface area contributed by atoms with Crippen LogP contribution >= 0.6 is 0 Å². The van der Waals surface area contributed by atoms with Gasteiger partial charge in [0.2, 0.25) is 0 Å². The number of carbonyl (C=O) groups excluding carboxylic acids is 1. The van der Waals surface area contributed by atoms with Crippen LogP contribution in [0.3, 0.4) is 0 Å². The van der Waals surface area contributed by atoms with Gasteiger partial charge in [-0.05, 0) is 42.0 Å². The van der Waals surface area contributed by atoms with E-state index in [1.807, 2.05) is 48.5 Å². The summed E-state index contributed by atoms with van der Waals surface area (Å²) in [6.45, 7) is 7.14. The van der Waals surface area contributed by atoms with Crippen LogP contribution in [0.5, 0.6) is 5.75 Å². The van der Waals surface area contributed by atoms with Crippen LogP contribution in [0.4, 0.5) is 5.69 Å². The van der Waals surface area contributed by atoms with Gasteiger partial charge >= 0.3 is 0 Å². The number of ketones is 1. The summed E-state index contributed by atoms with van der Waals surface area (Å²) < 4.78 is 10.7. The summed E-state index contributed by atoms with van der Waals surface area (Å²) in [5.41, 5.74) is 3.33. The van der Waals surface area contributed by atoms with Gasteiger partial charge in [-0.25, -0.2) is 0 Å². The lowest BCUT2D eigenvalue weighted by atomic mass is 9.91. The number of morpholine rings is 1. The number of anilines is 1. The van der Waals surface area contributed by atoms with Crippen molar-refractivity contribution in [2.24, 2.45) is 0 Å². The fraction of sp³-hybridized carbons (Fsp3) is 0.261. The maximum atomic E-state index is 13.3. The number of carbonyl (C=O) groups is 1. The van der Waals surface area contributed by atoms with Crippen molar-refractivity contribution in [1.29, 1.82) is 0 Å². The summed E-state index contributed by atoms with van der Waals surface area (Å²) in [7, 11) is 1.63. The van der Waals surface area contributed by atoms with Gasteiger partial charge in [-0.3, -0.25) is 4.79 Å². The summed E-state index contributed by atoms with van der Waals surface area (Å²) in [6, 6.07) is 15.2. The normalized spacial score (nSPS) is 19.1. The molecule has 2 heterocycles. The molecule has 2 aliphatic heterocycles. The molecule has 0 saturated carbocycles. The van der Waals surface area contributed by atoms with Crippen molar-refractivity contribution < 1.29 is 14.3 Å². The number of rotatable bonds is 5. The topological polar surface area (TPSA) is 62.8 Å². The maximum absolute atomic E-state index is 13.3. The molecule has 0 aliphatic carbocycles. The highest BCUT2D eigenvalue weighted by molar-refractivity contribution is 6.09. The van der Waals surface area contributed by atoms with Gasteiger partial charge in [0.15, 0.2) is 5.78 Å². The number of nitrogens with zero attached hydrogens (tertiary/aromatic N) is 1. The molecule has 2 N–H and O–H groups in total. The molecule has 0 radical (unpaired) electrons. The second-order valence-corrected chi connectivity index (χ2v) is 7.05. The Bertz CT molecular complexity index is 931. The molecule has 1 saturated heterocycles. The Balaban J connectivity index is 1.59. The van der Waals surface area contributed by atoms with E-state index >= 15 is 0 Å². The molecule has 0 aromatic heterocycles. The monoisotopic (exact) mass is 391 g/mol. The molecule has 4 rings (SSSR count). The van der Waals surface area contributed by atoms with Crippen LogP contribution in [0.2, 0.25) is 0 Å². The molecule has 2 aliphatic rings. The molecule has 150 valence electrons. The molecule has 6 heteroatoms. The van der Waals surface area contributed by atoms with E-state index in [1.54, 1.807) is 13.3 Å². The Morgan fingerprint density at radius 1 is 1.17 bits per heavy atom. The lowest BCUT2D eigenvalue weighted by Gasteiger charge is -2.29. The maximum Gasteiger partial charge on any atom is 0.192 e. The van der Waals surface area contributed by atoms with E-state index in [9.17, 15) is 4.79 Å². The molecule has 2 aromatic carbocycles. The predicted molar refractivity (Wildman–Crippen MR) is 113 cm³/mol. The van der Waals surface area contributed by atoms with Crippen molar-refractivity contribution in [2.75, 3.05) is 38.3 Å². The third kappa shape index (κ3) is 4.12. The fourth-order valence-corrected chi connectivity index (χ4v) is 3.63. The van der Waals surface area contributed by atoms with Crippen molar-refractivity contribution in [3.8, 4) is 5.75 Å². The van der Waals surface area contributed by atoms with E-state index in [1.165, 1.54) is 0 Å². The summed E-state index contributed by atoms with van der Waals surface area (Å²) in [5, 5.41) is 6.31. The van der Waals surface area contributed by atoms with Crippen molar-refractivity contribution in [2.45, 2.75) is 6.04 Å². The van der Waals surface area contributed by atoms with E-state index in [-0.39, 0.29) is 11.8 Å². The Morgan fingerprint density at radius 3 is 2.66 bits per heavy atom. The zero-order chi connectivity index (χ0) is 20.2. The third-order valence-electron chi connectivity index (χ3n) is 5.23. The summed E-state index contributed by atoms with van der Waals surface area (Å²) in [4.78, 5) is 15.6. The zero-order valence-corrected chi connectivity index (χ0v) is 16.5. The first-order valence-electron chi connectivity index (χ1n) is 9.69. The number of methoxy groups -OCH3 is 1. The summed E-state index contributed by atoms with van der Waals surface area (Å²) in [5.74, 6) is 1.37. The Kier molecular flexibility index (Phi) is 5.53. The molecule has 1 atom stereocenters. The first-order chi connectivity index (χ1) is 14.2. The van der Waals surface area contributed by atoms with Crippen molar-refractivity contribution in [1.82, 2.24) is 10.6 Å². The number of Topliss-reactive ketones (excluding diaryl/α,β-unsaturated/α-hetero) is 1. The molecule has 1 unspecified atom stereocenters. The van der Waals surface area contributed by atoms with E-state index in [0.717, 1.165) is 43.3 Å². The largest absolute Gasteiger partial charge is 0.497 e. The molecular weight excluding hydrogens is 366 g/mol. The molecule has 29 heavy (non-hydrogen) atoms. The Labute approximate surface area is 170 Å². The van der Waals surface area contributed by atoms with Crippen LogP contribution in [0.25, 0.3) is 0 Å². The van der Waals surface area contributed by atoms with E-state index in [0.29, 0.717) is 17.0 Å². The highest BCUT2D eigenvalue weighted by Gasteiger charge is 2.27. The highest BCUT2D eigenvalue weighted by Crippen LogP contribution is 2.30. The number of benzene rings is 2. The van der Waals surface area contributed by atoms with Crippen LogP contribution < -0.4 is 20.3 Å². The van der Waals surface area contributed by atoms with E-state index < -0.39 is 0 Å². The first-order valence-corrected chi connectivity index (χ1v) is 9.69. The second-order valence-electron chi connectivity index (χ2n) is 7.05. The van der Waals surface area contributed by atoms with Crippen LogP contribution in [0, 0.1) is 0 Å². The minimum absolute atomic E-state index is 0.0288. The van der Waals surface area contributed by atoms with Gasteiger partial charge in [0, 0.05) is 36.1 Å². The van der Waals surface area contributed by atoms with Gasteiger partial charge in [0.1, 0.15) is 5.75 Å². The molecule has 1 fully saturated rings. The molecule has 0 spiro atoms. The van der Waals surface area contributed by atoms with Gasteiger partial charge < -0.3 is 25.0 Å². The fourth-order valence-electron chi connectivity index (χ4n) is 3.63. The Hall–Kier alpha value is -3.25. The van der Waals surface area contributed by atoms with E-state index in [2.05, 4.69) is 22.1 Å². The average molecular weight is 391 g/mol. The molecule has 2 aromatic rings. The van der Waals surface area contributed by atoms with Crippen LogP contribution in [-0.4, -0.2) is 39.2 Å². The van der Waals surface area contributed by atoms with Crippen LogP contribution in [0.1, 0.15) is 22.0 Å². The first kappa shape index (κ1) is 19.1. The van der Waals surface area contributed by atoms with Crippen molar-refractivity contribution in [3.05, 3.63) is 83.8 Å². The van der Waals surface area contributed by atoms with Gasteiger partial charge in [-0.1, -0.05) is 18.7 Å².